The number of nitrogens with zero attached hydrogens (tertiary/aromatic N) is 1. The summed E-state index contributed by atoms with van der Waals surface area (Å²) in [6.45, 7) is 7.89. The Balaban J connectivity index is 2.42. The third-order valence-corrected chi connectivity index (χ3v) is 2.82. The maximum atomic E-state index is 12.1. The fourth-order valence-corrected chi connectivity index (χ4v) is 1.79. The van der Waals surface area contributed by atoms with E-state index in [0.29, 0.717) is 18.8 Å². The van der Waals surface area contributed by atoms with Crippen LogP contribution >= 0.6 is 0 Å². The number of carbonyl (C=O) groups excluding carboxylic acids is 2. The lowest BCUT2D eigenvalue weighted by atomic mass is 10.2. The Bertz CT molecular complexity index is 684. The maximum Gasteiger partial charge on any atom is 0.407 e. The zero-order chi connectivity index (χ0) is 18.9. The molecule has 0 heterocycles. The molecule has 0 saturated heterocycles. The van der Waals surface area contributed by atoms with Gasteiger partial charge in [-0.05, 0) is 45.4 Å². The minimum Gasteiger partial charge on any atom is -0.444 e. The van der Waals surface area contributed by atoms with Crippen LogP contribution in [0.2, 0.25) is 0 Å². The number of hydrogen-bond donors (Lipinski definition) is 3. The zero-order valence-electron chi connectivity index (χ0n) is 15.0. The number of hydrogen-bond acceptors (Lipinski definition) is 5. The third-order valence-electron chi connectivity index (χ3n) is 2.82. The molecule has 1 aromatic carbocycles. The van der Waals surface area contributed by atoms with Crippen molar-refractivity contribution < 1.29 is 14.3 Å². The molecule has 0 spiro atoms. The molecule has 0 bridgehead atoms. The normalized spacial score (nSPS) is 11.2. The summed E-state index contributed by atoms with van der Waals surface area (Å²) >= 11 is 0. The molecular formula is C18H24N4O3. The van der Waals surface area contributed by atoms with Crippen LogP contribution in [0.4, 0.5) is 10.5 Å². The number of anilines is 1. The lowest BCUT2D eigenvalue weighted by molar-refractivity contribution is -0.112. The van der Waals surface area contributed by atoms with Gasteiger partial charge in [0.1, 0.15) is 17.2 Å². The van der Waals surface area contributed by atoms with E-state index in [4.69, 9.17) is 10.00 Å². The highest BCUT2D eigenvalue weighted by atomic mass is 16.6. The largest absolute Gasteiger partial charge is 0.444 e. The van der Waals surface area contributed by atoms with Crippen molar-refractivity contribution in [3.05, 3.63) is 41.6 Å². The molecular weight excluding hydrogens is 320 g/mol. The maximum absolute atomic E-state index is 12.1. The van der Waals surface area contributed by atoms with Gasteiger partial charge in [-0.2, -0.15) is 5.26 Å². The molecule has 0 aliphatic heterocycles. The quantitative estimate of drug-likeness (QED) is 0.418. The topological polar surface area (TPSA) is 103 Å². The van der Waals surface area contributed by atoms with Gasteiger partial charge >= 0.3 is 6.09 Å². The van der Waals surface area contributed by atoms with Crippen LogP contribution in [0.5, 0.6) is 0 Å². The molecule has 7 nitrogen and oxygen atoms in total. The number of ether oxygens (including phenoxy) is 1. The number of benzene rings is 1. The van der Waals surface area contributed by atoms with E-state index in [2.05, 4.69) is 16.0 Å². The van der Waals surface area contributed by atoms with Crippen LogP contribution in [0.3, 0.4) is 0 Å². The number of nitrogens with one attached hydrogen (secondary N) is 3. The van der Waals surface area contributed by atoms with Crippen molar-refractivity contribution in [1.29, 1.82) is 5.26 Å². The Hall–Kier alpha value is -3.01. The zero-order valence-corrected chi connectivity index (χ0v) is 15.0. The molecule has 2 amide bonds. The van der Waals surface area contributed by atoms with Crippen LogP contribution in [0, 0.1) is 18.3 Å². The Morgan fingerprint density at radius 1 is 1.28 bits per heavy atom. The summed E-state index contributed by atoms with van der Waals surface area (Å²) in [6, 6.07) is 9.13. The Kier molecular flexibility index (Phi) is 7.47. The molecule has 0 aromatic heterocycles. The van der Waals surface area contributed by atoms with E-state index in [-0.39, 0.29) is 5.57 Å². The highest BCUT2D eigenvalue weighted by molar-refractivity contribution is 6.06. The minimum atomic E-state index is -0.556. The second-order valence-corrected chi connectivity index (χ2v) is 6.38. The molecule has 0 radical (unpaired) electrons. The summed E-state index contributed by atoms with van der Waals surface area (Å²) in [6.07, 6.45) is 0.804. The molecule has 0 aliphatic rings. The molecule has 7 heteroatoms. The SMILES string of the molecule is Cc1cccc(NC(=O)/C(C#N)=C\NCCNC(=O)OC(C)(C)C)c1. The van der Waals surface area contributed by atoms with Crippen LogP contribution in [0.1, 0.15) is 26.3 Å². The average Bonchev–Trinajstić information content (AvgIpc) is 2.49. The second-order valence-electron chi connectivity index (χ2n) is 6.38. The van der Waals surface area contributed by atoms with Gasteiger partial charge < -0.3 is 20.7 Å². The summed E-state index contributed by atoms with van der Waals surface area (Å²) in [4.78, 5) is 23.5. The summed E-state index contributed by atoms with van der Waals surface area (Å²) < 4.78 is 5.09. The fourth-order valence-electron chi connectivity index (χ4n) is 1.79. The highest BCUT2D eigenvalue weighted by Crippen LogP contribution is 2.10. The molecule has 1 rings (SSSR count). The Labute approximate surface area is 148 Å². The molecule has 1 aromatic rings. The van der Waals surface area contributed by atoms with Gasteiger partial charge in [0, 0.05) is 25.0 Å². The first-order valence-corrected chi connectivity index (χ1v) is 7.90. The summed E-state index contributed by atoms with van der Waals surface area (Å²) in [5.74, 6) is -0.499. The van der Waals surface area contributed by atoms with Crippen molar-refractivity contribution in [1.82, 2.24) is 10.6 Å². The number of nitriles is 1. The van der Waals surface area contributed by atoms with Crippen LogP contribution in [0.25, 0.3) is 0 Å². The molecule has 25 heavy (non-hydrogen) atoms. The van der Waals surface area contributed by atoms with Crippen molar-refractivity contribution in [2.45, 2.75) is 33.3 Å². The van der Waals surface area contributed by atoms with Crippen LogP contribution in [0.15, 0.2) is 36.0 Å². The minimum absolute atomic E-state index is 0.0567. The first-order valence-electron chi connectivity index (χ1n) is 7.90. The molecule has 0 aliphatic carbocycles. The molecule has 0 fully saturated rings. The first kappa shape index (κ1) is 20.0. The first-order chi connectivity index (χ1) is 11.7. The predicted molar refractivity (Wildman–Crippen MR) is 95.7 cm³/mol. The van der Waals surface area contributed by atoms with Gasteiger partial charge in [-0.15, -0.1) is 0 Å². The molecule has 3 N–H and O–H groups in total. The average molecular weight is 344 g/mol. The summed E-state index contributed by atoms with van der Waals surface area (Å²) in [5.41, 5.74) is 1.02. The van der Waals surface area contributed by atoms with E-state index in [1.807, 2.05) is 31.2 Å². The van der Waals surface area contributed by atoms with E-state index >= 15 is 0 Å². The predicted octanol–water partition coefficient (Wildman–Crippen LogP) is 2.46. The third kappa shape index (κ3) is 8.42. The van der Waals surface area contributed by atoms with Gasteiger partial charge in [-0.25, -0.2) is 4.79 Å². The van der Waals surface area contributed by atoms with E-state index in [1.165, 1.54) is 6.20 Å². The Morgan fingerprint density at radius 2 is 2.00 bits per heavy atom. The van der Waals surface area contributed by atoms with E-state index in [1.54, 1.807) is 26.8 Å². The number of carbonyl (C=O) groups is 2. The number of aryl methyl sites for hydroxylation is 1. The van der Waals surface area contributed by atoms with Gasteiger partial charge in [0.25, 0.3) is 5.91 Å². The number of alkyl carbamates (subject to hydrolysis) is 1. The number of rotatable bonds is 6. The van der Waals surface area contributed by atoms with Gasteiger partial charge in [-0.3, -0.25) is 4.79 Å². The lowest BCUT2D eigenvalue weighted by Gasteiger charge is -2.19. The smallest absolute Gasteiger partial charge is 0.407 e. The van der Waals surface area contributed by atoms with Gasteiger partial charge in [0.05, 0.1) is 0 Å². The van der Waals surface area contributed by atoms with Crippen LogP contribution < -0.4 is 16.0 Å². The van der Waals surface area contributed by atoms with Crippen molar-refractivity contribution in [3.8, 4) is 6.07 Å². The van der Waals surface area contributed by atoms with E-state index in [9.17, 15) is 9.59 Å². The summed E-state index contributed by atoms with van der Waals surface area (Å²) in [5, 5.41) is 17.1. The lowest BCUT2D eigenvalue weighted by Crippen LogP contribution is -2.35. The van der Waals surface area contributed by atoms with Crippen molar-refractivity contribution in [2.24, 2.45) is 0 Å². The molecule has 134 valence electrons. The van der Waals surface area contributed by atoms with E-state index < -0.39 is 17.6 Å². The van der Waals surface area contributed by atoms with Crippen molar-refractivity contribution in [2.75, 3.05) is 18.4 Å². The molecule has 0 unspecified atom stereocenters. The highest BCUT2D eigenvalue weighted by Gasteiger charge is 2.15. The standard InChI is InChI=1S/C18H24N4O3/c1-13-6-5-7-15(10-13)22-16(23)14(11-19)12-20-8-9-21-17(24)25-18(2,3)4/h5-7,10,12,20H,8-9H2,1-4H3,(H,21,24)(H,22,23)/b14-12-. The van der Waals surface area contributed by atoms with Crippen LogP contribution in [-0.2, 0) is 9.53 Å². The monoisotopic (exact) mass is 344 g/mol. The van der Waals surface area contributed by atoms with Gasteiger partial charge in [0.15, 0.2) is 0 Å². The van der Waals surface area contributed by atoms with E-state index in [0.717, 1.165) is 5.56 Å². The fraction of sp³-hybridized carbons (Fsp3) is 0.389. The van der Waals surface area contributed by atoms with Crippen molar-refractivity contribution >= 4 is 17.7 Å². The molecule has 0 atom stereocenters. The van der Waals surface area contributed by atoms with Crippen LogP contribution in [-0.4, -0.2) is 30.7 Å². The second kappa shape index (κ2) is 9.33. The van der Waals surface area contributed by atoms with Gasteiger partial charge in [0.2, 0.25) is 0 Å². The molecule has 0 saturated carbocycles. The van der Waals surface area contributed by atoms with Gasteiger partial charge in [-0.1, -0.05) is 12.1 Å². The number of amides is 2. The van der Waals surface area contributed by atoms with Crippen molar-refractivity contribution in [3.63, 3.8) is 0 Å². The summed E-state index contributed by atoms with van der Waals surface area (Å²) in [7, 11) is 0. The Morgan fingerprint density at radius 3 is 2.60 bits per heavy atom.